The van der Waals surface area contributed by atoms with Gasteiger partial charge in [-0.15, -0.1) is 0 Å². The maximum absolute atomic E-state index is 13.6. The molecule has 0 unspecified atom stereocenters. The summed E-state index contributed by atoms with van der Waals surface area (Å²) in [7, 11) is -3.71. The van der Waals surface area contributed by atoms with Crippen LogP contribution in [-0.2, 0) is 26.2 Å². The molecular formula is C24H34N4O5S. The highest BCUT2D eigenvalue weighted by atomic mass is 32.2. The van der Waals surface area contributed by atoms with Gasteiger partial charge < -0.3 is 10.6 Å². The molecule has 3 heterocycles. The number of likely N-dealkylation sites (tertiary alicyclic amines) is 2. The van der Waals surface area contributed by atoms with Gasteiger partial charge in [-0.1, -0.05) is 26.0 Å². The molecule has 3 aliphatic heterocycles. The van der Waals surface area contributed by atoms with Crippen LogP contribution in [0.25, 0.3) is 0 Å². The van der Waals surface area contributed by atoms with Gasteiger partial charge in [-0.2, -0.15) is 0 Å². The number of amides is 3. The zero-order chi connectivity index (χ0) is 24.8. The van der Waals surface area contributed by atoms with Crippen LogP contribution in [0.5, 0.6) is 0 Å². The molecule has 0 aromatic heterocycles. The normalized spacial score (nSPS) is 26.4. The van der Waals surface area contributed by atoms with Gasteiger partial charge in [-0.05, 0) is 56.0 Å². The molecular weight excluding hydrogens is 456 g/mol. The standard InChI is InChI=1S/C24H34N4O5S/c1-15(2)20-21-19(28(24(20)31)34(3,32)33)9-12-27(21)23(30)18-6-4-5-16(13-18)14-26-10-7-17(8-11-26)22(25)29/h4-6,13,15,17,19-21H,7-12,14H2,1-3H3,(H2,25,29)/t19-,20+,21-/m0/s1. The number of hydrogen-bond acceptors (Lipinski definition) is 6. The summed E-state index contributed by atoms with van der Waals surface area (Å²) >= 11 is 0. The Balaban J connectivity index is 1.51. The highest BCUT2D eigenvalue weighted by molar-refractivity contribution is 7.88. The van der Waals surface area contributed by atoms with E-state index in [1.165, 1.54) is 0 Å². The summed E-state index contributed by atoms with van der Waals surface area (Å²) in [5.74, 6) is -1.51. The van der Waals surface area contributed by atoms with E-state index < -0.39 is 33.9 Å². The molecule has 10 heteroatoms. The number of carbonyl (C=O) groups is 3. The lowest BCUT2D eigenvalue weighted by Crippen LogP contribution is -2.44. The van der Waals surface area contributed by atoms with Crippen molar-refractivity contribution in [2.24, 2.45) is 23.5 Å². The molecule has 34 heavy (non-hydrogen) atoms. The molecule has 3 fully saturated rings. The summed E-state index contributed by atoms with van der Waals surface area (Å²) in [5, 5.41) is 0. The van der Waals surface area contributed by atoms with E-state index in [1.54, 1.807) is 11.0 Å². The van der Waals surface area contributed by atoms with Crippen LogP contribution in [0.15, 0.2) is 24.3 Å². The molecule has 0 saturated carbocycles. The van der Waals surface area contributed by atoms with Crippen LogP contribution in [-0.4, -0.2) is 78.2 Å². The number of benzene rings is 1. The summed E-state index contributed by atoms with van der Waals surface area (Å²) in [6, 6.07) is 6.53. The first-order valence-corrected chi connectivity index (χ1v) is 13.8. The molecule has 2 N–H and O–H groups in total. The topological polar surface area (TPSA) is 121 Å². The molecule has 3 saturated heterocycles. The molecule has 1 aromatic rings. The van der Waals surface area contributed by atoms with Crippen molar-refractivity contribution >= 4 is 27.7 Å². The van der Waals surface area contributed by atoms with Crippen molar-refractivity contribution in [3.05, 3.63) is 35.4 Å². The first-order valence-electron chi connectivity index (χ1n) is 11.9. The molecule has 3 atom stereocenters. The highest BCUT2D eigenvalue weighted by Crippen LogP contribution is 2.41. The molecule has 0 radical (unpaired) electrons. The zero-order valence-electron chi connectivity index (χ0n) is 20.0. The highest BCUT2D eigenvalue weighted by Gasteiger charge is 2.58. The molecule has 9 nitrogen and oxygen atoms in total. The quantitative estimate of drug-likeness (QED) is 0.636. The third-order valence-electron chi connectivity index (χ3n) is 7.50. The lowest BCUT2D eigenvalue weighted by molar-refractivity contribution is -0.129. The van der Waals surface area contributed by atoms with E-state index in [9.17, 15) is 22.8 Å². The van der Waals surface area contributed by atoms with Gasteiger partial charge >= 0.3 is 0 Å². The zero-order valence-corrected chi connectivity index (χ0v) is 20.8. The average Bonchev–Trinajstić information content (AvgIpc) is 3.29. The predicted molar refractivity (Wildman–Crippen MR) is 127 cm³/mol. The van der Waals surface area contributed by atoms with Gasteiger partial charge in [-0.25, -0.2) is 12.7 Å². The van der Waals surface area contributed by atoms with Gasteiger partial charge in [0.2, 0.25) is 21.8 Å². The van der Waals surface area contributed by atoms with Gasteiger partial charge in [0, 0.05) is 24.6 Å². The Kier molecular flexibility index (Phi) is 6.74. The van der Waals surface area contributed by atoms with Crippen molar-refractivity contribution < 1.29 is 22.8 Å². The number of primary amides is 1. The van der Waals surface area contributed by atoms with Crippen LogP contribution in [0.4, 0.5) is 0 Å². The average molecular weight is 491 g/mol. The number of sulfonamides is 1. The number of rotatable bonds is 6. The fraction of sp³-hybridized carbons (Fsp3) is 0.625. The number of fused-ring (bicyclic) bond motifs is 1. The van der Waals surface area contributed by atoms with Crippen molar-refractivity contribution in [2.45, 2.75) is 51.7 Å². The summed E-state index contributed by atoms with van der Waals surface area (Å²) in [6.07, 6.45) is 3.00. The summed E-state index contributed by atoms with van der Waals surface area (Å²) in [6.45, 7) is 6.44. The van der Waals surface area contributed by atoms with Crippen molar-refractivity contribution in [2.75, 3.05) is 25.9 Å². The number of carbonyl (C=O) groups excluding carboxylic acids is 3. The Hall–Kier alpha value is -2.46. The second-order valence-corrected chi connectivity index (χ2v) is 12.0. The van der Waals surface area contributed by atoms with Crippen LogP contribution in [0.3, 0.4) is 0 Å². The van der Waals surface area contributed by atoms with E-state index in [2.05, 4.69) is 4.90 Å². The fourth-order valence-corrected chi connectivity index (χ4v) is 7.04. The number of nitrogens with two attached hydrogens (primary N) is 1. The smallest absolute Gasteiger partial charge is 0.254 e. The number of piperidine rings is 1. The molecule has 0 bridgehead atoms. The molecule has 0 spiro atoms. The largest absolute Gasteiger partial charge is 0.369 e. The first kappa shape index (κ1) is 24.7. The van der Waals surface area contributed by atoms with Crippen LogP contribution < -0.4 is 5.73 Å². The molecule has 3 aliphatic rings. The second kappa shape index (κ2) is 9.30. The van der Waals surface area contributed by atoms with Crippen LogP contribution >= 0.6 is 0 Å². The maximum Gasteiger partial charge on any atom is 0.254 e. The van der Waals surface area contributed by atoms with E-state index >= 15 is 0 Å². The van der Waals surface area contributed by atoms with E-state index in [1.807, 2.05) is 32.0 Å². The van der Waals surface area contributed by atoms with Crippen LogP contribution in [0.2, 0.25) is 0 Å². The lowest BCUT2D eigenvalue weighted by atomic mass is 9.88. The molecule has 0 aliphatic carbocycles. The van der Waals surface area contributed by atoms with E-state index in [-0.39, 0.29) is 23.7 Å². The monoisotopic (exact) mass is 490 g/mol. The molecule has 4 rings (SSSR count). The number of hydrogen-bond donors (Lipinski definition) is 1. The van der Waals surface area contributed by atoms with Crippen molar-refractivity contribution in [1.29, 1.82) is 0 Å². The Morgan fingerprint density at radius 2 is 1.79 bits per heavy atom. The Morgan fingerprint density at radius 1 is 1.12 bits per heavy atom. The van der Waals surface area contributed by atoms with Crippen molar-refractivity contribution in [3.63, 3.8) is 0 Å². The van der Waals surface area contributed by atoms with Gasteiger partial charge in [0.15, 0.2) is 0 Å². The van der Waals surface area contributed by atoms with Gasteiger partial charge in [0.1, 0.15) is 0 Å². The predicted octanol–water partition coefficient (Wildman–Crippen LogP) is 1.04. The Morgan fingerprint density at radius 3 is 2.38 bits per heavy atom. The van der Waals surface area contributed by atoms with E-state index in [0.29, 0.717) is 25.1 Å². The fourth-order valence-electron chi connectivity index (χ4n) is 5.87. The first-order chi connectivity index (χ1) is 16.0. The maximum atomic E-state index is 13.6. The minimum absolute atomic E-state index is 0.0678. The van der Waals surface area contributed by atoms with Crippen LogP contribution in [0.1, 0.15) is 49.0 Å². The Bertz CT molecular complexity index is 1080. The van der Waals surface area contributed by atoms with Gasteiger partial charge in [0.05, 0.1) is 24.3 Å². The van der Waals surface area contributed by atoms with E-state index in [4.69, 9.17) is 5.73 Å². The molecule has 1 aromatic carbocycles. The van der Waals surface area contributed by atoms with Crippen LogP contribution in [0, 0.1) is 17.8 Å². The van der Waals surface area contributed by atoms with Crippen molar-refractivity contribution in [1.82, 2.24) is 14.1 Å². The summed E-state index contributed by atoms with van der Waals surface area (Å²) in [5.41, 5.74) is 6.97. The Labute approximate surface area is 201 Å². The molecule has 186 valence electrons. The van der Waals surface area contributed by atoms with Gasteiger partial charge in [0.25, 0.3) is 5.91 Å². The summed E-state index contributed by atoms with van der Waals surface area (Å²) < 4.78 is 25.7. The number of nitrogens with zero attached hydrogens (tertiary/aromatic N) is 3. The van der Waals surface area contributed by atoms with E-state index in [0.717, 1.165) is 42.1 Å². The minimum atomic E-state index is -3.71. The second-order valence-electron chi connectivity index (χ2n) is 10.2. The summed E-state index contributed by atoms with van der Waals surface area (Å²) in [4.78, 5) is 42.0. The van der Waals surface area contributed by atoms with Crippen molar-refractivity contribution in [3.8, 4) is 0 Å². The third-order valence-corrected chi connectivity index (χ3v) is 8.66. The SMILES string of the molecule is CC(C)[C@H]1C(=O)N(S(C)(=O)=O)[C@H]2CCN(C(=O)c3cccc(CN4CCC(C(N)=O)CC4)c3)[C@H]12. The molecule has 3 amide bonds. The minimum Gasteiger partial charge on any atom is -0.369 e. The third kappa shape index (κ3) is 4.57. The van der Waals surface area contributed by atoms with Gasteiger partial charge in [-0.3, -0.25) is 19.3 Å². The lowest BCUT2D eigenvalue weighted by Gasteiger charge is -2.31.